The molecule has 0 aromatic heterocycles. The standard InChI is InChI=1S/C24H29FN2O5/c1-30-12-4-11-26-23(28)21-15-27(24(29)16-5-7-17(25)8-6-16)14-20(21)19-10-9-18(31-2)13-22(19)32-3/h5-10,13,20-21H,4,11-12,14-15H2,1-3H3,(H,26,28). The summed E-state index contributed by atoms with van der Waals surface area (Å²) in [6.07, 6.45) is 0.698. The van der Waals surface area contributed by atoms with Crippen LogP contribution < -0.4 is 14.8 Å². The maximum atomic E-state index is 13.3. The van der Waals surface area contributed by atoms with Gasteiger partial charge in [0.1, 0.15) is 17.3 Å². The second-order valence-electron chi connectivity index (χ2n) is 7.68. The van der Waals surface area contributed by atoms with Crippen molar-refractivity contribution in [3.63, 3.8) is 0 Å². The van der Waals surface area contributed by atoms with Crippen molar-refractivity contribution >= 4 is 11.8 Å². The van der Waals surface area contributed by atoms with Crippen LogP contribution in [0.1, 0.15) is 28.3 Å². The van der Waals surface area contributed by atoms with Crippen LogP contribution in [0.3, 0.4) is 0 Å². The van der Waals surface area contributed by atoms with Gasteiger partial charge in [-0.25, -0.2) is 4.39 Å². The van der Waals surface area contributed by atoms with Gasteiger partial charge in [-0.2, -0.15) is 0 Å². The fraction of sp³-hybridized carbons (Fsp3) is 0.417. The lowest BCUT2D eigenvalue weighted by atomic mass is 9.87. The van der Waals surface area contributed by atoms with Crippen LogP contribution in [0.25, 0.3) is 0 Å². The number of amides is 2. The summed E-state index contributed by atoms with van der Waals surface area (Å²) in [6.45, 7) is 1.64. The number of carbonyl (C=O) groups is 2. The number of benzene rings is 2. The van der Waals surface area contributed by atoms with E-state index in [-0.39, 0.29) is 24.3 Å². The fourth-order valence-corrected chi connectivity index (χ4v) is 4.01. The zero-order valence-electron chi connectivity index (χ0n) is 18.6. The van der Waals surface area contributed by atoms with E-state index in [0.717, 1.165) is 5.56 Å². The Morgan fingerprint density at radius 1 is 1.06 bits per heavy atom. The van der Waals surface area contributed by atoms with Crippen LogP contribution in [-0.4, -0.2) is 64.3 Å². The lowest BCUT2D eigenvalue weighted by Crippen LogP contribution is -2.36. The molecule has 1 N–H and O–H groups in total. The van der Waals surface area contributed by atoms with Crippen molar-refractivity contribution in [2.75, 3.05) is 47.6 Å². The zero-order chi connectivity index (χ0) is 23.1. The molecule has 1 aliphatic heterocycles. The number of nitrogens with zero attached hydrogens (tertiary/aromatic N) is 1. The molecule has 0 aliphatic carbocycles. The molecule has 1 heterocycles. The highest BCUT2D eigenvalue weighted by molar-refractivity contribution is 5.95. The third kappa shape index (κ3) is 5.37. The highest BCUT2D eigenvalue weighted by atomic mass is 19.1. The Labute approximate surface area is 187 Å². The molecule has 0 spiro atoms. The van der Waals surface area contributed by atoms with E-state index in [1.165, 1.54) is 24.3 Å². The van der Waals surface area contributed by atoms with E-state index < -0.39 is 11.7 Å². The summed E-state index contributed by atoms with van der Waals surface area (Å²) >= 11 is 0. The molecule has 2 amide bonds. The largest absolute Gasteiger partial charge is 0.497 e. The van der Waals surface area contributed by atoms with Gasteiger partial charge >= 0.3 is 0 Å². The van der Waals surface area contributed by atoms with Crippen molar-refractivity contribution in [1.82, 2.24) is 10.2 Å². The number of hydrogen-bond donors (Lipinski definition) is 1. The molecule has 0 saturated carbocycles. The first-order valence-corrected chi connectivity index (χ1v) is 10.5. The number of hydrogen-bond acceptors (Lipinski definition) is 5. The molecule has 2 aromatic rings. The molecular weight excluding hydrogens is 415 g/mol. The molecule has 0 radical (unpaired) electrons. The lowest BCUT2D eigenvalue weighted by molar-refractivity contribution is -0.125. The monoisotopic (exact) mass is 444 g/mol. The molecule has 7 nitrogen and oxygen atoms in total. The van der Waals surface area contributed by atoms with Gasteiger partial charge in [-0.15, -0.1) is 0 Å². The Kier molecular flexibility index (Phi) is 8.05. The normalized spacial score (nSPS) is 17.8. The predicted octanol–water partition coefficient (Wildman–Crippen LogP) is 2.85. The Hall–Kier alpha value is -3.13. The predicted molar refractivity (Wildman–Crippen MR) is 118 cm³/mol. The summed E-state index contributed by atoms with van der Waals surface area (Å²) in [7, 11) is 4.75. The number of likely N-dealkylation sites (tertiary alicyclic amines) is 1. The SMILES string of the molecule is COCCCNC(=O)C1CN(C(=O)c2ccc(F)cc2)CC1c1ccc(OC)cc1OC. The van der Waals surface area contributed by atoms with Crippen LogP contribution in [0.15, 0.2) is 42.5 Å². The molecule has 2 atom stereocenters. The summed E-state index contributed by atoms with van der Waals surface area (Å²) in [5.41, 5.74) is 1.22. The number of carbonyl (C=O) groups excluding carboxylic acids is 2. The van der Waals surface area contributed by atoms with Gasteiger partial charge in [0.2, 0.25) is 5.91 Å². The van der Waals surface area contributed by atoms with Gasteiger partial charge in [-0.05, 0) is 36.8 Å². The number of nitrogens with one attached hydrogen (secondary N) is 1. The molecule has 1 fully saturated rings. The zero-order valence-corrected chi connectivity index (χ0v) is 18.6. The van der Waals surface area contributed by atoms with Gasteiger partial charge in [0.05, 0.1) is 20.1 Å². The van der Waals surface area contributed by atoms with Gasteiger partial charge in [0.25, 0.3) is 5.91 Å². The van der Waals surface area contributed by atoms with Gasteiger partial charge in [-0.3, -0.25) is 9.59 Å². The number of ether oxygens (including phenoxy) is 3. The van der Waals surface area contributed by atoms with Crippen molar-refractivity contribution in [2.24, 2.45) is 5.92 Å². The van der Waals surface area contributed by atoms with Gasteiger partial charge in [0, 0.05) is 56.5 Å². The minimum atomic E-state index is -0.454. The molecule has 2 unspecified atom stereocenters. The second-order valence-corrected chi connectivity index (χ2v) is 7.68. The maximum absolute atomic E-state index is 13.3. The van der Waals surface area contributed by atoms with Crippen molar-refractivity contribution in [2.45, 2.75) is 12.3 Å². The average Bonchev–Trinajstić information content (AvgIpc) is 3.26. The maximum Gasteiger partial charge on any atom is 0.253 e. The Bertz CT molecular complexity index is 934. The van der Waals surface area contributed by atoms with E-state index in [0.29, 0.717) is 43.2 Å². The minimum Gasteiger partial charge on any atom is -0.497 e. The van der Waals surface area contributed by atoms with Crippen LogP contribution in [0, 0.1) is 11.7 Å². The molecule has 8 heteroatoms. The molecule has 1 aliphatic rings. The third-order valence-corrected chi connectivity index (χ3v) is 5.70. The van der Waals surface area contributed by atoms with E-state index in [1.54, 1.807) is 32.3 Å². The van der Waals surface area contributed by atoms with Gasteiger partial charge < -0.3 is 24.4 Å². The van der Waals surface area contributed by atoms with Gasteiger partial charge in [0.15, 0.2) is 0 Å². The number of halogens is 1. The quantitative estimate of drug-likeness (QED) is 0.602. The second kappa shape index (κ2) is 10.9. The third-order valence-electron chi connectivity index (χ3n) is 5.70. The summed E-state index contributed by atoms with van der Waals surface area (Å²) in [5.74, 6) is -0.245. The van der Waals surface area contributed by atoms with Crippen LogP contribution in [0.2, 0.25) is 0 Å². The Morgan fingerprint density at radius 2 is 1.81 bits per heavy atom. The first kappa shape index (κ1) is 23.5. The van der Waals surface area contributed by atoms with Crippen LogP contribution in [0.4, 0.5) is 4.39 Å². The fourth-order valence-electron chi connectivity index (χ4n) is 4.01. The summed E-state index contributed by atoms with van der Waals surface area (Å²) in [6, 6.07) is 10.9. The van der Waals surface area contributed by atoms with Crippen molar-refractivity contribution in [1.29, 1.82) is 0 Å². The van der Waals surface area contributed by atoms with Crippen molar-refractivity contribution < 1.29 is 28.2 Å². The summed E-state index contributed by atoms with van der Waals surface area (Å²) in [5, 5.41) is 2.95. The molecule has 2 aromatic carbocycles. The van der Waals surface area contributed by atoms with Crippen LogP contribution in [-0.2, 0) is 9.53 Å². The number of rotatable bonds is 9. The lowest BCUT2D eigenvalue weighted by Gasteiger charge is -2.21. The highest BCUT2D eigenvalue weighted by Crippen LogP contribution is 2.39. The molecule has 0 bridgehead atoms. The van der Waals surface area contributed by atoms with Gasteiger partial charge in [-0.1, -0.05) is 6.07 Å². The highest BCUT2D eigenvalue weighted by Gasteiger charge is 2.41. The van der Waals surface area contributed by atoms with E-state index in [1.807, 2.05) is 12.1 Å². The smallest absolute Gasteiger partial charge is 0.253 e. The molecule has 32 heavy (non-hydrogen) atoms. The van der Waals surface area contributed by atoms with Crippen molar-refractivity contribution in [3.8, 4) is 11.5 Å². The summed E-state index contributed by atoms with van der Waals surface area (Å²) in [4.78, 5) is 27.8. The molecule has 1 saturated heterocycles. The molecular formula is C24H29FN2O5. The first-order chi connectivity index (χ1) is 15.5. The first-order valence-electron chi connectivity index (χ1n) is 10.5. The van der Waals surface area contributed by atoms with Crippen molar-refractivity contribution in [3.05, 3.63) is 59.4 Å². The average molecular weight is 445 g/mol. The molecule has 172 valence electrons. The van der Waals surface area contributed by atoms with E-state index in [2.05, 4.69) is 5.32 Å². The van der Waals surface area contributed by atoms with Crippen LogP contribution in [0.5, 0.6) is 11.5 Å². The Morgan fingerprint density at radius 3 is 2.47 bits per heavy atom. The Balaban J connectivity index is 1.86. The van der Waals surface area contributed by atoms with Crippen LogP contribution >= 0.6 is 0 Å². The topological polar surface area (TPSA) is 77.1 Å². The van der Waals surface area contributed by atoms with E-state index in [9.17, 15) is 14.0 Å². The molecule has 3 rings (SSSR count). The summed E-state index contributed by atoms with van der Waals surface area (Å²) < 4.78 is 29.2. The number of methoxy groups -OCH3 is 3. The van der Waals surface area contributed by atoms with E-state index in [4.69, 9.17) is 14.2 Å². The van der Waals surface area contributed by atoms with E-state index >= 15 is 0 Å². The minimum absolute atomic E-state index is 0.126.